The largest absolute Gasteiger partial charge is 0.494 e. The number of carbonyl (C=O) groups excluding carboxylic acids is 1. The van der Waals surface area contributed by atoms with Crippen molar-refractivity contribution in [2.24, 2.45) is 4.99 Å². The van der Waals surface area contributed by atoms with Gasteiger partial charge in [0.15, 0.2) is 0 Å². The molecule has 0 atom stereocenters. The minimum absolute atomic E-state index is 0.116. The van der Waals surface area contributed by atoms with E-state index in [0.29, 0.717) is 23.8 Å². The van der Waals surface area contributed by atoms with Gasteiger partial charge in [0.2, 0.25) is 0 Å². The van der Waals surface area contributed by atoms with Crippen molar-refractivity contribution in [2.45, 2.75) is 59.0 Å². The number of esters is 1. The van der Waals surface area contributed by atoms with Crippen LogP contribution in [0.5, 0.6) is 5.75 Å². The third-order valence-corrected chi connectivity index (χ3v) is 6.29. The van der Waals surface area contributed by atoms with Crippen LogP contribution in [0.3, 0.4) is 0 Å². The maximum absolute atomic E-state index is 12.8. The number of ether oxygens (including phenoxy) is 2. The number of fused-ring (bicyclic) bond motifs is 1. The quantitative estimate of drug-likeness (QED) is 0.519. The molecule has 1 aromatic carbocycles. The van der Waals surface area contributed by atoms with Crippen LogP contribution in [0.25, 0.3) is 0 Å². The average molecular weight is 415 g/mol. The predicted molar refractivity (Wildman–Crippen MR) is 119 cm³/mol. The molecule has 0 amide bonds. The van der Waals surface area contributed by atoms with Gasteiger partial charge in [-0.25, -0.2) is 9.79 Å². The van der Waals surface area contributed by atoms with Gasteiger partial charge in [-0.3, -0.25) is 0 Å². The third kappa shape index (κ3) is 4.70. The van der Waals surface area contributed by atoms with Crippen molar-refractivity contribution in [1.29, 1.82) is 0 Å². The highest BCUT2D eigenvalue weighted by Crippen LogP contribution is 2.46. The SMILES string of the molecule is CCOC(=O)c1c(N=Cc2ccc(OCC)cc2)sc2c1CC(C)(C)NC2(C)C. The lowest BCUT2D eigenvalue weighted by atomic mass is 9.81. The first-order valence-electron chi connectivity index (χ1n) is 10.1. The summed E-state index contributed by atoms with van der Waals surface area (Å²) in [6.45, 7) is 13.4. The molecule has 1 aliphatic rings. The van der Waals surface area contributed by atoms with E-state index < -0.39 is 0 Å². The molecule has 0 fully saturated rings. The molecule has 29 heavy (non-hydrogen) atoms. The van der Waals surface area contributed by atoms with Crippen LogP contribution in [0, 0.1) is 0 Å². The monoisotopic (exact) mass is 414 g/mol. The Bertz CT molecular complexity index is 911. The maximum atomic E-state index is 12.8. The fraction of sp³-hybridized carbons (Fsp3) is 0.478. The molecule has 156 valence electrons. The molecule has 0 radical (unpaired) electrons. The molecule has 0 spiro atoms. The summed E-state index contributed by atoms with van der Waals surface area (Å²) in [6, 6.07) is 7.76. The van der Waals surface area contributed by atoms with Crippen molar-refractivity contribution in [1.82, 2.24) is 5.32 Å². The number of benzene rings is 1. The molecule has 0 saturated heterocycles. The van der Waals surface area contributed by atoms with Crippen LogP contribution in [-0.4, -0.2) is 30.9 Å². The molecule has 3 rings (SSSR count). The minimum Gasteiger partial charge on any atom is -0.494 e. The van der Waals surface area contributed by atoms with Gasteiger partial charge < -0.3 is 14.8 Å². The van der Waals surface area contributed by atoms with Crippen molar-refractivity contribution >= 4 is 28.5 Å². The second-order valence-electron chi connectivity index (χ2n) is 8.38. The van der Waals surface area contributed by atoms with Gasteiger partial charge in [-0.2, -0.15) is 0 Å². The molecule has 0 bridgehead atoms. The Morgan fingerprint density at radius 1 is 1.17 bits per heavy atom. The van der Waals surface area contributed by atoms with E-state index in [-0.39, 0.29) is 17.0 Å². The smallest absolute Gasteiger partial charge is 0.341 e. The van der Waals surface area contributed by atoms with Crippen molar-refractivity contribution in [3.63, 3.8) is 0 Å². The minimum atomic E-state index is -0.294. The molecule has 5 nitrogen and oxygen atoms in total. The first-order chi connectivity index (χ1) is 13.7. The summed E-state index contributed by atoms with van der Waals surface area (Å²) in [7, 11) is 0. The molecule has 0 aliphatic carbocycles. The van der Waals surface area contributed by atoms with Crippen molar-refractivity contribution in [3.8, 4) is 5.75 Å². The Morgan fingerprint density at radius 2 is 1.86 bits per heavy atom. The third-order valence-electron chi connectivity index (χ3n) is 4.83. The number of thiophene rings is 1. The van der Waals surface area contributed by atoms with Crippen molar-refractivity contribution in [3.05, 3.63) is 45.8 Å². The molecule has 1 aromatic heterocycles. The Labute approximate surface area is 177 Å². The summed E-state index contributed by atoms with van der Waals surface area (Å²) in [5.74, 6) is 0.538. The van der Waals surface area contributed by atoms with Gasteiger partial charge in [0.1, 0.15) is 10.8 Å². The van der Waals surface area contributed by atoms with Gasteiger partial charge in [0.25, 0.3) is 0 Å². The number of nitrogens with one attached hydrogen (secondary N) is 1. The van der Waals surface area contributed by atoms with Crippen molar-refractivity contribution < 1.29 is 14.3 Å². The van der Waals surface area contributed by atoms with Crippen LogP contribution in [0.2, 0.25) is 0 Å². The van der Waals surface area contributed by atoms with Crippen LogP contribution in [0.1, 0.15) is 67.9 Å². The van der Waals surface area contributed by atoms with Gasteiger partial charge in [-0.05, 0) is 83.4 Å². The standard InChI is InChI=1S/C23H30N2O3S/c1-7-27-16-11-9-15(10-12-16)14-24-20-18(21(26)28-8-2)17-13-22(3,4)25-23(5,6)19(17)29-20/h9-12,14,25H,7-8,13H2,1-6H3. The predicted octanol–water partition coefficient (Wildman–Crippen LogP) is 5.23. The first-order valence-corrected chi connectivity index (χ1v) is 10.9. The zero-order valence-corrected chi connectivity index (χ0v) is 18.9. The van der Waals surface area contributed by atoms with Gasteiger partial charge >= 0.3 is 5.97 Å². The van der Waals surface area contributed by atoms with Crippen LogP contribution in [0.4, 0.5) is 5.00 Å². The average Bonchev–Trinajstić information content (AvgIpc) is 2.99. The van der Waals surface area contributed by atoms with Crippen molar-refractivity contribution in [2.75, 3.05) is 13.2 Å². The fourth-order valence-electron chi connectivity index (χ4n) is 3.97. The summed E-state index contributed by atoms with van der Waals surface area (Å²) < 4.78 is 10.9. The summed E-state index contributed by atoms with van der Waals surface area (Å²) in [6.07, 6.45) is 2.55. The lowest BCUT2D eigenvalue weighted by molar-refractivity contribution is 0.0525. The van der Waals surface area contributed by atoms with Crippen LogP contribution in [-0.2, 0) is 16.7 Å². The Kier molecular flexibility index (Phi) is 6.15. The van der Waals surface area contributed by atoms with Crippen LogP contribution < -0.4 is 10.1 Å². The van der Waals surface area contributed by atoms with Crippen LogP contribution >= 0.6 is 11.3 Å². The number of hydrogen-bond acceptors (Lipinski definition) is 6. The van der Waals surface area contributed by atoms with E-state index in [2.05, 4.69) is 33.0 Å². The number of rotatable bonds is 6. The number of aliphatic imine (C=N–C) groups is 1. The van der Waals surface area contributed by atoms with Gasteiger partial charge in [0.05, 0.1) is 18.8 Å². The summed E-state index contributed by atoms with van der Waals surface area (Å²) in [5.41, 5.74) is 2.26. The van der Waals surface area contributed by atoms with E-state index in [1.54, 1.807) is 17.6 Å². The highest BCUT2D eigenvalue weighted by atomic mass is 32.1. The van der Waals surface area contributed by atoms with E-state index >= 15 is 0 Å². The van der Waals surface area contributed by atoms with E-state index in [4.69, 9.17) is 14.5 Å². The zero-order valence-electron chi connectivity index (χ0n) is 18.1. The Morgan fingerprint density at radius 3 is 2.48 bits per heavy atom. The number of hydrogen-bond donors (Lipinski definition) is 1. The van der Waals surface area contributed by atoms with Gasteiger partial charge in [0, 0.05) is 22.2 Å². The molecule has 1 N–H and O–H groups in total. The molecule has 0 unspecified atom stereocenters. The molecule has 0 saturated carbocycles. The second-order valence-corrected chi connectivity index (χ2v) is 9.38. The lowest BCUT2D eigenvalue weighted by Gasteiger charge is -2.42. The number of nitrogens with zero attached hydrogens (tertiary/aromatic N) is 1. The van der Waals surface area contributed by atoms with Gasteiger partial charge in [-0.1, -0.05) is 0 Å². The lowest BCUT2D eigenvalue weighted by Crippen LogP contribution is -2.55. The molecular formula is C23H30N2O3S. The molecule has 1 aliphatic heterocycles. The Hall–Kier alpha value is -2.18. The van der Waals surface area contributed by atoms with Gasteiger partial charge in [-0.15, -0.1) is 11.3 Å². The first kappa shape index (κ1) is 21.5. The summed E-state index contributed by atoms with van der Waals surface area (Å²) in [4.78, 5) is 18.7. The van der Waals surface area contributed by atoms with E-state index in [0.717, 1.165) is 28.2 Å². The summed E-state index contributed by atoms with van der Waals surface area (Å²) in [5, 5.41) is 4.39. The molecule has 6 heteroatoms. The normalized spacial score (nSPS) is 17.2. The topological polar surface area (TPSA) is 59.9 Å². The zero-order chi connectivity index (χ0) is 21.2. The second kappa shape index (κ2) is 8.28. The number of carbonyl (C=O) groups is 1. The fourth-order valence-corrected chi connectivity index (χ4v) is 5.18. The molecular weight excluding hydrogens is 384 g/mol. The summed E-state index contributed by atoms with van der Waals surface area (Å²) >= 11 is 1.57. The molecule has 2 aromatic rings. The molecule has 2 heterocycles. The highest BCUT2D eigenvalue weighted by molar-refractivity contribution is 7.16. The highest BCUT2D eigenvalue weighted by Gasteiger charge is 2.41. The van der Waals surface area contributed by atoms with E-state index in [1.165, 1.54) is 0 Å². The maximum Gasteiger partial charge on any atom is 0.341 e. The Balaban J connectivity index is 2.02. The van der Waals surface area contributed by atoms with Crippen LogP contribution in [0.15, 0.2) is 29.3 Å². The van der Waals surface area contributed by atoms with E-state index in [1.807, 2.05) is 38.1 Å². The van der Waals surface area contributed by atoms with E-state index in [9.17, 15) is 4.79 Å².